The van der Waals surface area contributed by atoms with Crippen LogP contribution in [-0.2, 0) is 14.3 Å². The predicted molar refractivity (Wildman–Crippen MR) is 71.8 cm³/mol. The third-order valence-electron chi connectivity index (χ3n) is 3.26. The molecule has 98 valence electrons. The summed E-state index contributed by atoms with van der Waals surface area (Å²) in [5.74, 6) is 0. The number of rotatable bonds is 3. The highest BCUT2D eigenvalue weighted by Gasteiger charge is 2.20. The lowest BCUT2D eigenvalue weighted by atomic mass is 9.93. The summed E-state index contributed by atoms with van der Waals surface area (Å²) in [6, 6.07) is 5.38. The molecule has 0 saturated heterocycles. The van der Waals surface area contributed by atoms with Gasteiger partial charge in [-0.1, -0.05) is 23.8 Å². The lowest BCUT2D eigenvalue weighted by Crippen LogP contribution is -2.07. The number of hydrogen-bond acceptors (Lipinski definition) is 3. The maximum Gasteiger partial charge on any atom is 0.297 e. The first-order valence-electron chi connectivity index (χ1n) is 6.15. The minimum Gasteiger partial charge on any atom is -0.270 e. The van der Waals surface area contributed by atoms with Crippen LogP contribution in [0.25, 0.3) is 5.57 Å². The van der Waals surface area contributed by atoms with Crippen LogP contribution in [0.15, 0.2) is 29.2 Å². The van der Waals surface area contributed by atoms with Crippen LogP contribution in [0.5, 0.6) is 0 Å². The molecule has 4 heteroatoms. The molecule has 0 aliphatic heterocycles. The maximum absolute atomic E-state index is 11.9. The molecule has 1 aromatic carbocycles. The van der Waals surface area contributed by atoms with Crippen LogP contribution in [-0.4, -0.2) is 15.5 Å². The van der Waals surface area contributed by atoms with Gasteiger partial charge in [-0.2, -0.15) is 8.42 Å². The molecule has 0 radical (unpaired) electrons. The zero-order valence-electron chi connectivity index (χ0n) is 10.8. The maximum atomic E-state index is 11.9. The molecule has 0 unspecified atom stereocenters. The monoisotopic (exact) mass is 266 g/mol. The first kappa shape index (κ1) is 13.3. The van der Waals surface area contributed by atoms with Crippen molar-refractivity contribution in [2.75, 3.05) is 7.11 Å². The Morgan fingerprint density at radius 3 is 2.61 bits per heavy atom. The van der Waals surface area contributed by atoms with Crippen LogP contribution in [0.4, 0.5) is 0 Å². The Kier molecular flexibility index (Phi) is 3.88. The van der Waals surface area contributed by atoms with Crippen LogP contribution in [0, 0.1) is 6.92 Å². The summed E-state index contributed by atoms with van der Waals surface area (Å²) in [5, 5.41) is 0. The van der Waals surface area contributed by atoms with Crippen molar-refractivity contribution in [3.63, 3.8) is 0 Å². The van der Waals surface area contributed by atoms with Crippen molar-refractivity contribution in [3.05, 3.63) is 35.4 Å². The predicted octanol–water partition coefficient (Wildman–Crippen LogP) is 3.29. The van der Waals surface area contributed by atoms with Crippen LogP contribution in [0.3, 0.4) is 0 Å². The van der Waals surface area contributed by atoms with E-state index in [0.29, 0.717) is 0 Å². The van der Waals surface area contributed by atoms with Crippen LogP contribution < -0.4 is 0 Å². The van der Waals surface area contributed by atoms with Gasteiger partial charge in [-0.3, -0.25) is 4.18 Å². The van der Waals surface area contributed by atoms with Gasteiger partial charge in [0.05, 0.1) is 7.11 Å². The van der Waals surface area contributed by atoms with Gasteiger partial charge in [0, 0.05) is 0 Å². The zero-order valence-corrected chi connectivity index (χ0v) is 11.6. The van der Waals surface area contributed by atoms with Crippen molar-refractivity contribution < 1.29 is 12.6 Å². The Labute approximate surface area is 109 Å². The molecule has 1 aliphatic rings. The van der Waals surface area contributed by atoms with Crippen molar-refractivity contribution in [2.45, 2.75) is 37.5 Å². The number of benzene rings is 1. The van der Waals surface area contributed by atoms with E-state index in [-0.39, 0.29) is 4.90 Å². The molecule has 0 aromatic heterocycles. The third-order valence-corrected chi connectivity index (χ3v) is 4.59. The minimum absolute atomic E-state index is 0.281. The largest absolute Gasteiger partial charge is 0.297 e. The van der Waals surface area contributed by atoms with Crippen molar-refractivity contribution in [1.29, 1.82) is 0 Å². The van der Waals surface area contributed by atoms with Gasteiger partial charge in [0.1, 0.15) is 4.90 Å². The first-order chi connectivity index (χ1) is 8.54. The van der Waals surface area contributed by atoms with E-state index in [9.17, 15) is 8.42 Å². The average molecular weight is 266 g/mol. The first-order valence-corrected chi connectivity index (χ1v) is 7.56. The molecule has 1 aromatic rings. The summed E-state index contributed by atoms with van der Waals surface area (Å²) in [5.41, 5.74) is 2.99. The van der Waals surface area contributed by atoms with Crippen molar-refractivity contribution in [3.8, 4) is 0 Å². The molecular formula is C14H18O3S. The standard InChI is InChI=1S/C14H18O3S/c1-11-8-9-14(18(15,16)17-2)13(10-11)12-6-4-3-5-7-12/h6,8-10H,3-5,7H2,1-2H3. The highest BCUT2D eigenvalue weighted by molar-refractivity contribution is 7.86. The van der Waals surface area contributed by atoms with Gasteiger partial charge >= 0.3 is 0 Å². The molecular weight excluding hydrogens is 248 g/mol. The quantitative estimate of drug-likeness (QED) is 0.788. The van der Waals surface area contributed by atoms with Gasteiger partial charge in [-0.25, -0.2) is 0 Å². The Hall–Kier alpha value is -1.13. The minimum atomic E-state index is -3.64. The fourth-order valence-corrected chi connectivity index (χ4v) is 3.16. The van der Waals surface area contributed by atoms with E-state index in [2.05, 4.69) is 10.3 Å². The fourth-order valence-electron chi connectivity index (χ4n) is 2.29. The number of allylic oxidation sites excluding steroid dienone is 2. The fraction of sp³-hybridized carbons (Fsp3) is 0.429. The SMILES string of the molecule is COS(=O)(=O)c1ccc(C)cc1C1=CCCCC1. The second kappa shape index (κ2) is 5.24. The average Bonchev–Trinajstić information content (AvgIpc) is 2.39. The van der Waals surface area contributed by atoms with E-state index in [4.69, 9.17) is 0 Å². The van der Waals surface area contributed by atoms with Gasteiger partial charge < -0.3 is 0 Å². The van der Waals surface area contributed by atoms with E-state index in [1.165, 1.54) is 13.5 Å². The Morgan fingerprint density at radius 1 is 1.22 bits per heavy atom. The zero-order chi connectivity index (χ0) is 13.2. The summed E-state index contributed by atoms with van der Waals surface area (Å²) in [6.45, 7) is 1.97. The van der Waals surface area contributed by atoms with Gasteiger partial charge in [-0.15, -0.1) is 0 Å². The van der Waals surface area contributed by atoms with Gasteiger partial charge in [0.2, 0.25) is 0 Å². The summed E-state index contributed by atoms with van der Waals surface area (Å²) >= 11 is 0. The number of aryl methyl sites for hydroxylation is 1. The molecule has 3 nitrogen and oxygen atoms in total. The van der Waals surface area contributed by atoms with Crippen molar-refractivity contribution >= 4 is 15.7 Å². The van der Waals surface area contributed by atoms with Crippen molar-refractivity contribution in [2.24, 2.45) is 0 Å². The molecule has 0 N–H and O–H groups in total. The summed E-state index contributed by atoms with van der Waals surface area (Å²) in [6.07, 6.45) is 6.41. The normalized spacial score (nSPS) is 16.4. The summed E-state index contributed by atoms with van der Waals surface area (Å²) in [7, 11) is -2.43. The summed E-state index contributed by atoms with van der Waals surface area (Å²) < 4.78 is 28.5. The van der Waals surface area contributed by atoms with E-state index < -0.39 is 10.1 Å². The second-order valence-corrected chi connectivity index (χ2v) is 6.28. The topological polar surface area (TPSA) is 43.4 Å². The van der Waals surface area contributed by atoms with Gasteiger partial charge in [-0.05, 0) is 49.8 Å². The van der Waals surface area contributed by atoms with Crippen LogP contribution in [0.1, 0.15) is 36.8 Å². The lowest BCUT2D eigenvalue weighted by Gasteiger charge is -2.16. The Morgan fingerprint density at radius 2 is 2.00 bits per heavy atom. The Balaban J connectivity index is 2.57. The second-order valence-electron chi connectivity index (χ2n) is 4.60. The molecule has 0 spiro atoms. The molecule has 0 heterocycles. The molecule has 0 atom stereocenters. The van der Waals surface area contributed by atoms with E-state index in [1.807, 2.05) is 13.0 Å². The summed E-state index contributed by atoms with van der Waals surface area (Å²) in [4.78, 5) is 0.281. The molecule has 0 bridgehead atoms. The van der Waals surface area contributed by atoms with Gasteiger partial charge in [0.15, 0.2) is 0 Å². The molecule has 1 aliphatic carbocycles. The van der Waals surface area contributed by atoms with E-state index >= 15 is 0 Å². The molecule has 18 heavy (non-hydrogen) atoms. The third kappa shape index (κ3) is 2.65. The van der Waals surface area contributed by atoms with Crippen LogP contribution in [0.2, 0.25) is 0 Å². The van der Waals surface area contributed by atoms with E-state index in [1.54, 1.807) is 12.1 Å². The lowest BCUT2D eigenvalue weighted by molar-refractivity contribution is 0.397. The van der Waals surface area contributed by atoms with Gasteiger partial charge in [0.25, 0.3) is 10.1 Å². The van der Waals surface area contributed by atoms with Crippen LogP contribution >= 0.6 is 0 Å². The molecule has 0 saturated carbocycles. The number of hydrogen-bond donors (Lipinski definition) is 0. The van der Waals surface area contributed by atoms with E-state index in [0.717, 1.165) is 36.0 Å². The molecule has 2 rings (SSSR count). The molecule has 0 fully saturated rings. The highest BCUT2D eigenvalue weighted by Crippen LogP contribution is 2.32. The highest BCUT2D eigenvalue weighted by atomic mass is 32.2. The van der Waals surface area contributed by atoms with Crippen molar-refractivity contribution in [1.82, 2.24) is 0 Å². The molecule has 0 amide bonds. The smallest absolute Gasteiger partial charge is 0.270 e. The Bertz CT molecular complexity index is 571.